The van der Waals surface area contributed by atoms with E-state index in [0.29, 0.717) is 0 Å². The average molecular weight is 293 g/mol. The van der Waals surface area contributed by atoms with Crippen LogP contribution in [0.2, 0.25) is 0 Å². The van der Waals surface area contributed by atoms with Gasteiger partial charge in [0.25, 0.3) is 0 Å². The second-order valence-corrected chi connectivity index (χ2v) is 6.90. The van der Waals surface area contributed by atoms with Crippen LogP contribution in [0.15, 0.2) is 11.7 Å². The highest BCUT2D eigenvalue weighted by molar-refractivity contribution is 7.09. The SMILES string of the molecule is CCCNC(Cc1nc(C(C)(C)C)cs1)c1ncn[nH]1. The molecule has 0 fully saturated rings. The highest BCUT2D eigenvalue weighted by atomic mass is 32.1. The van der Waals surface area contributed by atoms with E-state index in [0.717, 1.165) is 35.9 Å². The van der Waals surface area contributed by atoms with Crippen LogP contribution in [0.1, 0.15) is 56.7 Å². The fourth-order valence-corrected chi connectivity index (χ4v) is 2.96. The van der Waals surface area contributed by atoms with Gasteiger partial charge in [-0.05, 0) is 13.0 Å². The lowest BCUT2D eigenvalue weighted by Gasteiger charge is -2.16. The summed E-state index contributed by atoms with van der Waals surface area (Å²) in [5.41, 5.74) is 1.26. The highest BCUT2D eigenvalue weighted by Gasteiger charge is 2.20. The largest absolute Gasteiger partial charge is 0.307 e. The molecule has 0 aliphatic rings. The molecule has 5 nitrogen and oxygen atoms in total. The van der Waals surface area contributed by atoms with Gasteiger partial charge in [0.2, 0.25) is 0 Å². The molecule has 2 aromatic heterocycles. The van der Waals surface area contributed by atoms with E-state index in [-0.39, 0.29) is 11.5 Å². The lowest BCUT2D eigenvalue weighted by molar-refractivity contribution is 0.502. The molecular weight excluding hydrogens is 270 g/mol. The Morgan fingerprint density at radius 2 is 2.20 bits per heavy atom. The van der Waals surface area contributed by atoms with Crippen molar-refractivity contribution in [1.29, 1.82) is 0 Å². The van der Waals surface area contributed by atoms with Gasteiger partial charge in [-0.2, -0.15) is 5.10 Å². The van der Waals surface area contributed by atoms with Crippen molar-refractivity contribution in [3.63, 3.8) is 0 Å². The molecule has 0 aliphatic carbocycles. The monoisotopic (exact) mass is 293 g/mol. The fraction of sp³-hybridized carbons (Fsp3) is 0.643. The van der Waals surface area contributed by atoms with Gasteiger partial charge in [0.15, 0.2) is 0 Å². The Hall–Kier alpha value is -1.27. The van der Waals surface area contributed by atoms with Gasteiger partial charge in [-0.15, -0.1) is 11.3 Å². The molecule has 110 valence electrons. The van der Waals surface area contributed by atoms with Crippen LogP contribution in [0.4, 0.5) is 0 Å². The molecule has 0 bridgehead atoms. The summed E-state index contributed by atoms with van der Waals surface area (Å²) in [6.07, 6.45) is 3.49. The van der Waals surface area contributed by atoms with Crippen molar-refractivity contribution in [1.82, 2.24) is 25.5 Å². The van der Waals surface area contributed by atoms with Crippen LogP contribution in [0.25, 0.3) is 0 Å². The Balaban J connectivity index is 2.09. The van der Waals surface area contributed by atoms with E-state index >= 15 is 0 Å². The standard InChI is InChI=1S/C14H23N5S/c1-5-6-15-10(13-16-9-17-19-13)7-12-18-11(8-20-12)14(2,3)4/h8-10,15H,5-7H2,1-4H3,(H,16,17,19). The molecular formula is C14H23N5S. The van der Waals surface area contributed by atoms with Gasteiger partial charge in [0.1, 0.15) is 12.2 Å². The predicted octanol–water partition coefficient (Wildman–Crippen LogP) is 2.84. The number of thiazole rings is 1. The summed E-state index contributed by atoms with van der Waals surface area (Å²) < 4.78 is 0. The first-order valence-electron chi connectivity index (χ1n) is 7.04. The van der Waals surface area contributed by atoms with E-state index in [2.05, 4.69) is 53.6 Å². The summed E-state index contributed by atoms with van der Waals surface area (Å²) in [5, 5.41) is 13.7. The van der Waals surface area contributed by atoms with Gasteiger partial charge in [0.05, 0.1) is 16.7 Å². The number of hydrogen-bond donors (Lipinski definition) is 2. The maximum Gasteiger partial charge on any atom is 0.141 e. The maximum atomic E-state index is 4.76. The minimum absolute atomic E-state index is 0.104. The van der Waals surface area contributed by atoms with E-state index in [1.165, 1.54) is 0 Å². The zero-order valence-electron chi connectivity index (χ0n) is 12.6. The zero-order valence-corrected chi connectivity index (χ0v) is 13.4. The quantitative estimate of drug-likeness (QED) is 0.859. The topological polar surface area (TPSA) is 66.5 Å². The molecule has 2 N–H and O–H groups in total. The second-order valence-electron chi connectivity index (χ2n) is 5.96. The third kappa shape index (κ3) is 3.86. The van der Waals surface area contributed by atoms with Crippen molar-refractivity contribution in [3.05, 3.63) is 28.2 Å². The minimum atomic E-state index is 0.104. The Kier molecular flexibility index (Phi) is 4.88. The van der Waals surface area contributed by atoms with Gasteiger partial charge in [-0.1, -0.05) is 27.7 Å². The predicted molar refractivity (Wildman–Crippen MR) is 81.9 cm³/mol. The van der Waals surface area contributed by atoms with Gasteiger partial charge in [-0.3, -0.25) is 5.10 Å². The molecule has 0 aliphatic heterocycles. The molecule has 0 amide bonds. The van der Waals surface area contributed by atoms with Crippen LogP contribution in [0.3, 0.4) is 0 Å². The molecule has 1 unspecified atom stereocenters. The smallest absolute Gasteiger partial charge is 0.141 e. The molecule has 1 atom stereocenters. The average Bonchev–Trinajstić information content (AvgIpc) is 3.04. The summed E-state index contributed by atoms with van der Waals surface area (Å²) in [7, 11) is 0. The second kappa shape index (κ2) is 6.45. The number of rotatable bonds is 6. The first kappa shape index (κ1) is 15.1. The highest BCUT2D eigenvalue weighted by Crippen LogP contribution is 2.26. The Labute approximate surface area is 124 Å². The molecule has 0 saturated heterocycles. The summed E-state index contributed by atoms with van der Waals surface area (Å²) in [5.74, 6) is 0.881. The number of aromatic nitrogens is 4. The van der Waals surface area contributed by atoms with Crippen LogP contribution in [-0.2, 0) is 11.8 Å². The van der Waals surface area contributed by atoms with Crippen molar-refractivity contribution in [2.75, 3.05) is 6.54 Å². The van der Waals surface area contributed by atoms with E-state index in [4.69, 9.17) is 4.98 Å². The van der Waals surface area contributed by atoms with Crippen molar-refractivity contribution in [2.45, 2.75) is 52.0 Å². The Morgan fingerprint density at radius 3 is 2.75 bits per heavy atom. The van der Waals surface area contributed by atoms with Crippen LogP contribution in [-0.4, -0.2) is 26.7 Å². The lowest BCUT2D eigenvalue weighted by Crippen LogP contribution is -2.25. The van der Waals surface area contributed by atoms with Gasteiger partial charge < -0.3 is 5.32 Å². The Bertz CT molecular complexity index is 512. The van der Waals surface area contributed by atoms with Crippen molar-refractivity contribution in [3.8, 4) is 0 Å². The number of nitrogens with zero attached hydrogens (tertiary/aromatic N) is 3. The number of H-pyrrole nitrogens is 1. The van der Waals surface area contributed by atoms with Gasteiger partial charge in [0, 0.05) is 17.2 Å². The molecule has 20 heavy (non-hydrogen) atoms. The van der Waals surface area contributed by atoms with E-state index < -0.39 is 0 Å². The summed E-state index contributed by atoms with van der Waals surface area (Å²) in [6.45, 7) is 9.69. The van der Waals surface area contributed by atoms with Gasteiger partial charge >= 0.3 is 0 Å². The zero-order chi connectivity index (χ0) is 14.6. The third-order valence-electron chi connectivity index (χ3n) is 3.10. The lowest BCUT2D eigenvalue weighted by atomic mass is 9.93. The van der Waals surface area contributed by atoms with Crippen molar-refractivity contribution in [2.24, 2.45) is 0 Å². The van der Waals surface area contributed by atoms with E-state index in [1.807, 2.05) is 0 Å². The van der Waals surface area contributed by atoms with Crippen LogP contribution in [0.5, 0.6) is 0 Å². The van der Waals surface area contributed by atoms with Gasteiger partial charge in [-0.25, -0.2) is 9.97 Å². The molecule has 0 saturated carbocycles. The van der Waals surface area contributed by atoms with Crippen LogP contribution < -0.4 is 5.32 Å². The molecule has 0 spiro atoms. The fourth-order valence-electron chi connectivity index (χ4n) is 1.89. The summed E-state index contributed by atoms with van der Waals surface area (Å²) in [6, 6.07) is 0.149. The molecule has 6 heteroatoms. The number of hydrogen-bond acceptors (Lipinski definition) is 5. The first-order valence-corrected chi connectivity index (χ1v) is 7.92. The normalized spacial score (nSPS) is 13.6. The number of aromatic amines is 1. The van der Waals surface area contributed by atoms with Crippen LogP contribution in [0, 0.1) is 0 Å². The maximum absolute atomic E-state index is 4.76. The first-order chi connectivity index (χ1) is 9.50. The molecule has 0 aromatic carbocycles. The molecule has 2 aromatic rings. The van der Waals surface area contributed by atoms with E-state index in [9.17, 15) is 0 Å². The number of nitrogens with one attached hydrogen (secondary N) is 2. The molecule has 2 heterocycles. The summed E-state index contributed by atoms with van der Waals surface area (Å²) in [4.78, 5) is 9.02. The molecule has 0 radical (unpaired) electrons. The Morgan fingerprint density at radius 1 is 1.40 bits per heavy atom. The van der Waals surface area contributed by atoms with E-state index in [1.54, 1.807) is 17.7 Å². The van der Waals surface area contributed by atoms with Crippen LogP contribution >= 0.6 is 11.3 Å². The third-order valence-corrected chi connectivity index (χ3v) is 3.97. The minimum Gasteiger partial charge on any atom is -0.307 e. The van der Waals surface area contributed by atoms with Crippen molar-refractivity contribution >= 4 is 11.3 Å². The molecule has 2 rings (SSSR count). The summed E-state index contributed by atoms with van der Waals surface area (Å²) >= 11 is 1.72. The van der Waals surface area contributed by atoms with Crippen molar-refractivity contribution < 1.29 is 0 Å².